The van der Waals surface area contributed by atoms with Crippen LogP contribution in [0.3, 0.4) is 0 Å². The van der Waals surface area contributed by atoms with Crippen LogP contribution in [0, 0.1) is 0 Å². The molecule has 1 aromatic heterocycles. The first kappa shape index (κ1) is 15.2. The molecule has 1 aromatic rings. The van der Waals surface area contributed by atoms with Gasteiger partial charge in [0.1, 0.15) is 0 Å². The lowest BCUT2D eigenvalue weighted by atomic mass is 10.4. The van der Waals surface area contributed by atoms with E-state index in [1.54, 1.807) is 13.3 Å². The molecule has 0 fully saturated rings. The Hall–Kier alpha value is -1.25. The molecule has 0 radical (unpaired) electrons. The molecule has 0 saturated heterocycles. The SMILES string of the molecule is CC.CC.CNc1ccnc(OC)c1. The quantitative estimate of drug-likeness (QED) is 0.792. The van der Waals surface area contributed by atoms with E-state index in [4.69, 9.17) is 4.74 Å². The largest absolute Gasteiger partial charge is 0.481 e. The number of aromatic nitrogens is 1. The van der Waals surface area contributed by atoms with Crippen LogP contribution in [0.1, 0.15) is 27.7 Å². The highest BCUT2D eigenvalue weighted by Gasteiger charge is 1.91. The predicted octanol–water partition coefficient (Wildman–Crippen LogP) is 3.18. The molecule has 0 spiro atoms. The summed E-state index contributed by atoms with van der Waals surface area (Å²) in [5.41, 5.74) is 1.01. The van der Waals surface area contributed by atoms with Gasteiger partial charge in [0.25, 0.3) is 0 Å². The molecular weight excluding hydrogens is 176 g/mol. The van der Waals surface area contributed by atoms with Gasteiger partial charge in [0.15, 0.2) is 0 Å². The van der Waals surface area contributed by atoms with Crippen molar-refractivity contribution in [2.75, 3.05) is 19.5 Å². The average molecular weight is 198 g/mol. The van der Waals surface area contributed by atoms with E-state index in [1.807, 2.05) is 46.9 Å². The summed E-state index contributed by atoms with van der Waals surface area (Å²) in [6.45, 7) is 8.00. The topological polar surface area (TPSA) is 34.2 Å². The highest BCUT2D eigenvalue weighted by molar-refractivity contribution is 5.44. The number of ether oxygens (including phenoxy) is 1. The first-order valence-corrected chi connectivity index (χ1v) is 5.04. The van der Waals surface area contributed by atoms with Crippen molar-refractivity contribution >= 4 is 5.69 Å². The van der Waals surface area contributed by atoms with Gasteiger partial charge in [0, 0.05) is 25.0 Å². The first-order chi connectivity index (χ1) is 6.86. The third kappa shape index (κ3) is 6.29. The molecule has 0 atom stereocenters. The molecule has 0 saturated carbocycles. The van der Waals surface area contributed by atoms with E-state index in [0.29, 0.717) is 5.88 Å². The number of hydrogen-bond donors (Lipinski definition) is 1. The lowest BCUT2D eigenvalue weighted by molar-refractivity contribution is 0.398. The summed E-state index contributed by atoms with van der Waals surface area (Å²) in [6.07, 6.45) is 1.70. The van der Waals surface area contributed by atoms with Gasteiger partial charge in [0.05, 0.1) is 7.11 Å². The molecule has 0 aliphatic rings. The Labute approximate surface area is 87.5 Å². The summed E-state index contributed by atoms with van der Waals surface area (Å²) < 4.78 is 4.91. The maximum absolute atomic E-state index is 4.91. The Morgan fingerprint density at radius 2 is 1.79 bits per heavy atom. The normalized spacial score (nSPS) is 7.29. The number of nitrogens with one attached hydrogen (secondary N) is 1. The molecule has 1 heterocycles. The third-order valence-electron chi connectivity index (χ3n) is 1.23. The smallest absolute Gasteiger partial charge is 0.214 e. The van der Waals surface area contributed by atoms with Crippen molar-refractivity contribution in [2.24, 2.45) is 0 Å². The highest BCUT2D eigenvalue weighted by Crippen LogP contribution is 2.11. The fourth-order valence-corrected chi connectivity index (χ4v) is 0.677. The molecule has 0 amide bonds. The molecule has 14 heavy (non-hydrogen) atoms. The van der Waals surface area contributed by atoms with Gasteiger partial charge in [-0.25, -0.2) is 4.98 Å². The average Bonchev–Trinajstić information content (AvgIpc) is 2.34. The first-order valence-electron chi connectivity index (χ1n) is 5.04. The zero-order chi connectivity index (χ0) is 11.4. The minimum absolute atomic E-state index is 0.631. The molecule has 3 nitrogen and oxygen atoms in total. The second kappa shape index (κ2) is 11.8. The van der Waals surface area contributed by atoms with Crippen molar-refractivity contribution in [1.82, 2.24) is 4.98 Å². The van der Waals surface area contributed by atoms with Gasteiger partial charge in [0.2, 0.25) is 5.88 Å². The number of rotatable bonds is 2. The standard InChI is InChI=1S/C7H10N2O.2C2H6/c1-8-6-3-4-9-7(5-6)10-2;2*1-2/h3-5H,1-2H3,(H,8,9);2*1-2H3. The van der Waals surface area contributed by atoms with Crippen LogP contribution in [0.4, 0.5) is 5.69 Å². The summed E-state index contributed by atoms with van der Waals surface area (Å²) in [5, 5.41) is 2.98. The minimum Gasteiger partial charge on any atom is -0.481 e. The number of hydrogen-bond acceptors (Lipinski definition) is 3. The van der Waals surface area contributed by atoms with Crippen molar-refractivity contribution in [3.05, 3.63) is 18.3 Å². The van der Waals surface area contributed by atoms with Crippen molar-refractivity contribution in [3.63, 3.8) is 0 Å². The van der Waals surface area contributed by atoms with Gasteiger partial charge in [-0.1, -0.05) is 27.7 Å². The number of pyridine rings is 1. The van der Waals surface area contributed by atoms with Crippen LogP contribution in [-0.4, -0.2) is 19.1 Å². The van der Waals surface area contributed by atoms with Crippen molar-refractivity contribution in [1.29, 1.82) is 0 Å². The Bertz CT molecular complexity index is 195. The maximum atomic E-state index is 4.91. The van der Waals surface area contributed by atoms with Gasteiger partial charge in [-0.3, -0.25) is 0 Å². The van der Waals surface area contributed by atoms with Gasteiger partial charge >= 0.3 is 0 Å². The molecule has 1 N–H and O–H groups in total. The molecule has 3 heteroatoms. The fraction of sp³-hybridized carbons (Fsp3) is 0.545. The van der Waals surface area contributed by atoms with Crippen molar-refractivity contribution in [3.8, 4) is 5.88 Å². The number of anilines is 1. The predicted molar refractivity (Wildman–Crippen MR) is 63.0 cm³/mol. The summed E-state index contributed by atoms with van der Waals surface area (Å²) >= 11 is 0. The van der Waals surface area contributed by atoms with E-state index < -0.39 is 0 Å². The number of methoxy groups -OCH3 is 1. The molecule has 0 aromatic carbocycles. The van der Waals surface area contributed by atoms with E-state index >= 15 is 0 Å². The molecule has 0 bridgehead atoms. The second-order valence-corrected chi connectivity index (χ2v) is 1.84. The minimum atomic E-state index is 0.631. The van der Waals surface area contributed by atoms with Gasteiger partial charge in [-0.2, -0.15) is 0 Å². The fourth-order valence-electron chi connectivity index (χ4n) is 0.677. The summed E-state index contributed by atoms with van der Waals surface area (Å²) in [5.74, 6) is 0.631. The Morgan fingerprint density at radius 3 is 2.21 bits per heavy atom. The monoisotopic (exact) mass is 198 g/mol. The van der Waals surface area contributed by atoms with Gasteiger partial charge in [-0.05, 0) is 6.07 Å². The third-order valence-corrected chi connectivity index (χ3v) is 1.23. The van der Waals surface area contributed by atoms with Crippen LogP contribution < -0.4 is 10.1 Å². The lowest BCUT2D eigenvalue weighted by Gasteiger charge is -2.00. The zero-order valence-electron chi connectivity index (χ0n) is 10.1. The second-order valence-electron chi connectivity index (χ2n) is 1.84. The van der Waals surface area contributed by atoms with Crippen LogP contribution in [0.2, 0.25) is 0 Å². The lowest BCUT2D eigenvalue weighted by Crippen LogP contribution is -1.91. The van der Waals surface area contributed by atoms with Gasteiger partial charge in [-0.15, -0.1) is 0 Å². The highest BCUT2D eigenvalue weighted by atomic mass is 16.5. The Morgan fingerprint density at radius 1 is 1.21 bits per heavy atom. The molecule has 0 unspecified atom stereocenters. The molecule has 1 rings (SSSR count). The number of nitrogens with zero attached hydrogens (tertiary/aromatic N) is 1. The van der Waals surface area contributed by atoms with E-state index in [9.17, 15) is 0 Å². The van der Waals surface area contributed by atoms with Crippen LogP contribution in [0.5, 0.6) is 5.88 Å². The van der Waals surface area contributed by atoms with E-state index in [-0.39, 0.29) is 0 Å². The Kier molecular flexibility index (Phi) is 12.8. The van der Waals surface area contributed by atoms with Gasteiger partial charge < -0.3 is 10.1 Å². The van der Waals surface area contributed by atoms with E-state index in [1.165, 1.54) is 0 Å². The maximum Gasteiger partial charge on any atom is 0.214 e. The Balaban J connectivity index is 0. The van der Waals surface area contributed by atoms with Crippen LogP contribution in [-0.2, 0) is 0 Å². The molecule has 0 aliphatic heterocycles. The zero-order valence-corrected chi connectivity index (χ0v) is 10.1. The van der Waals surface area contributed by atoms with Crippen LogP contribution >= 0.6 is 0 Å². The molecule has 0 aliphatic carbocycles. The molecular formula is C11H22N2O. The van der Waals surface area contributed by atoms with Crippen LogP contribution in [0.15, 0.2) is 18.3 Å². The summed E-state index contributed by atoms with van der Waals surface area (Å²) in [7, 11) is 3.45. The molecule has 82 valence electrons. The summed E-state index contributed by atoms with van der Waals surface area (Å²) in [4.78, 5) is 3.94. The van der Waals surface area contributed by atoms with Crippen LogP contribution in [0.25, 0.3) is 0 Å². The van der Waals surface area contributed by atoms with E-state index in [2.05, 4.69) is 10.3 Å². The van der Waals surface area contributed by atoms with E-state index in [0.717, 1.165) is 5.69 Å². The van der Waals surface area contributed by atoms with Crippen molar-refractivity contribution < 1.29 is 4.74 Å². The van der Waals surface area contributed by atoms with Crippen molar-refractivity contribution in [2.45, 2.75) is 27.7 Å². The summed E-state index contributed by atoms with van der Waals surface area (Å²) in [6, 6.07) is 3.71.